The summed E-state index contributed by atoms with van der Waals surface area (Å²) in [4.78, 5) is 0. The van der Waals surface area contributed by atoms with Crippen LogP contribution in [0.5, 0.6) is 0 Å². The van der Waals surface area contributed by atoms with Crippen LogP contribution < -0.4 is 15.9 Å². The molecule has 0 bridgehead atoms. The van der Waals surface area contributed by atoms with Gasteiger partial charge in [-0.2, -0.15) is 0 Å². The Labute approximate surface area is 215 Å². The van der Waals surface area contributed by atoms with Crippen molar-refractivity contribution in [3.8, 4) is 0 Å². The van der Waals surface area contributed by atoms with Gasteiger partial charge < -0.3 is 0 Å². The highest BCUT2D eigenvalue weighted by Crippen LogP contribution is 2.71. The van der Waals surface area contributed by atoms with E-state index < -0.39 is 7.26 Å². The average Bonchev–Trinajstić information content (AvgIpc) is 2.95. The Bertz CT molecular complexity index is 919. The summed E-state index contributed by atoms with van der Waals surface area (Å²) in [7, 11) is -1.96. The van der Waals surface area contributed by atoms with Crippen molar-refractivity contribution in [3.63, 3.8) is 0 Å². The molecule has 35 heavy (non-hydrogen) atoms. The molecule has 0 saturated heterocycles. The van der Waals surface area contributed by atoms with Crippen LogP contribution in [0.15, 0.2) is 91.0 Å². The largest absolute Gasteiger partial charge is 0.118 e. The summed E-state index contributed by atoms with van der Waals surface area (Å²) in [6, 6.07) is 34.8. The standard InChI is InChI=1S/C34H46P/c1-5-33(4,29-20-12-8-13-21-29)28-34(6-2,7-3)35(30-22-14-9-15-23-30,31-24-16-10-17-25-31)32-26-18-11-19-27-32/h9-11,14-19,22-27,29H,5-8,12-13,20-21,28H2,1-4H3/q+1/t33-/m1/s1. The topological polar surface area (TPSA) is 0 Å². The fraction of sp³-hybridized carbons (Fsp3) is 0.471. The maximum Gasteiger partial charge on any atom is 0.118 e. The molecule has 0 radical (unpaired) electrons. The lowest BCUT2D eigenvalue weighted by atomic mass is 9.64. The van der Waals surface area contributed by atoms with E-state index in [1.165, 1.54) is 57.8 Å². The minimum Gasteiger partial charge on any atom is -0.0648 e. The van der Waals surface area contributed by atoms with Crippen molar-refractivity contribution in [1.82, 2.24) is 0 Å². The van der Waals surface area contributed by atoms with Gasteiger partial charge in [-0.25, -0.2) is 0 Å². The van der Waals surface area contributed by atoms with Crippen LogP contribution in [0.25, 0.3) is 0 Å². The van der Waals surface area contributed by atoms with Crippen LogP contribution in [0.2, 0.25) is 0 Å². The summed E-state index contributed by atoms with van der Waals surface area (Å²) in [6.45, 7) is 10.1. The fourth-order valence-electron chi connectivity index (χ4n) is 7.43. The average molecular weight is 486 g/mol. The van der Waals surface area contributed by atoms with Crippen molar-refractivity contribution in [1.29, 1.82) is 0 Å². The first-order chi connectivity index (χ1) is 17.1. The van der Waals surface area contributed by atoms with Crippen LogP contribution in [-0.4, -0.2) is 5.16 Å². The molecular formula is C34H46P+. The molecule has 3 aromatic carbocycles. The van der Waals surface area contributed by atoms with Gasteiger partial charge in [-0.15, -0.1) is 0 Å². The lowest BCUT2D eigenvalue weighted by Crippen LogP contribution is -2.50. The highest BCUT2D eigenvalue weighted by molar-refractivity contribution is 7.96. The molecule has 4 rings (SSSR count). The molecule has 1 saturated carbocycles. The van der Waals surface area contributed by atoms with E-state index in [1.54, 1.807) is 15.9 Å². The summed E-state index contributed by atoms with van der Waals surface area (Å²) in [6.07, 6.45) is 12.1. The maximum atomic E-state index is 2.65. The second-order valence-electron chi connectivity index (χ2n) is 11.1. The molecule has 0 amide bonds. The summed E-state index contributed by atoms with van der Waals surface area (Å²) in [5.74, 6) is 0.850. The van der Waals surface area contributed by atoms with Crippen LogP contribution in [0, 0.1) is 11.3 Å². The fourth-order valence-corrected chi connectivity index (χ4v) is 13.4. The van der Waals surface area contributed by atoms with Gasteiger partial charge in [0.25, 0.3) is 0 Å². The normalized spacial score (nSPS) is 17.1. The molecule has 1 aliphatic carbocycles. The highest BCUT2D eigenvalue weighted by Gasteiger charge is 2.62. The van der Waals surface area contributed by atoms with Crippen LogP contribution in [0.4, 0.5) is 0 Å². The molecular weight excluding hydrogens is 439 g/mol. The number of hydrogen-bond donors (Lipinski definition) is 0. The van der Waals surface area contributed by atoms with Gasteiger partial charge in [0.05, 0.1) is 5.16 Å². The summed E-state index contributed by atoms with van der Waals surface area (Å²) >= 11 is 0. The van der Waals surface area contributed by atoms with E-state index in [-0.39, 0.29) is 5.16 Å². The van der Waals surface area contributed by atoms with Gasteiger partial charge in [0, 0.05) is 0 Å². The molecule has 3 aromatic rings. The number of benzene rings is 3. The van der Waals surface area contributed by atoms with Crippen LogP contribution in [-0.2, 0) is 0 Å². The van der Waals surface area contributed by atoms with E-state index in [0.29, 0.717) is 5.41 Å². The van der Waals surface area contributed by atoms with Crippen molar-refractivity contribution in [3.05, 3.63) is 91.0 Å². The second kappa shape index (κ2) is 11.4. The second-order valence-corrected chi connectivity index (χ2v) is 15.0. The third-order valence-electron chi connectivity index (χ3n) is 9.59. The maximum absolute atomic E-state index is 2.65. The first-order valence-electron chi connectivity index (χ1n) is 14.1. The Morgan fingerprint density at radius 2 is 1.00 bits per heavy atom. The van der Waals surface area contributed by atoms with E-state index in [4.69, 9.17) is 0 Å². The van der Waals surface area contributed by atoms with E-state index >= 15 is 0 Å². The molecule has 1 aliphatic rings. The first-order valence-corrected chi connectivity index (χ1v) is 15.9. The zero-order valence-electron chi connectivity index (χ0n) is 22.5. The first kappa shape index (κ1) is 26.2. The van der Waals surface area contributed by atoms with Crippen molar-refractivity contribution >= 4 is 23.2 Å². The lowest BCUT2D eigenvalue weighted by Gasteiger charge is -2.51. The van der Waals surface area contributed by atoms with Gasteiger partial charge in [0.1, 0.15) is 23.2 Å². The van der Waals surface area contributed by atoms with E-state index in [0.717, 1.165) is 5.92 Å². The molecule has 0 aromatic heterocycles. The van der Waals surface area contributed by atoms with Crippen LogP contribution in [0.1, 0.15) is 85.5 Å². The van der Waals surface area contributed by atoms with Gasteiger partial charge >= 0.3 is 0 Å². The Balaban J connectivity index is 2.02. The molecule has 1 heteroatoms. The minimum atomic E-state index is -1.96. The van der Waals surface area contributed by atoms with Gasteiger partial charge in [-0.1, -0.05) is 108 Å². The van der Waals surface area contributed by atoms with Gasteiger partial charge in [-0.3, -0.25) is 0 Å². The number of hydrogen-bond acceptors (Lipinski definition) is 0. The van der Waals surface area contributed by atoms with Crippen LogP contribution in [0.3, 0.4) is 0 Å². The smallest absolute Gasteiger partial charge is 0.0648 e. The zero-order chi connectivity index (χ0) is 24.8. The van der Waals surface area contributed by atoms with Crippen molar-refractivity contribution in [2.75, 3.05) is 0 Å². The molecule has 0 aliphatic heterocycles. The third kappa shape index (κ3) is 4.76. The molecule has 0 N–H and O–H groups in total. The third-order valence-corrected chi connectivity index (χ3v) is 15.0. The van der Waals surface area contributed by atoms with E-state index in [1.807, 2.05) is 0 Å². The summed E-state index contributed by atoms with van der Waals surface area (Å²) in [5.41, 5.74) is 0.371. The van der Waals surface area contributed by atoms with Crippen molar-refractivity contribution in [2.24, 2.45) is 11.3 Å². The minimum absolute atomic E-state index is 0.208. The van der Waals surface area contributed by atoms with Gasteiger partial charge in [0.15, 0.2) is 0 Å². The van der Waals surface area contributed by atoms with Gasteiger partial charge in [-0.05, 0) is 79.8 Å². The van der Waals surface area contributed by atoms with Gasteiger partial charge in [0.2, 0.25) is 0 Å². The predicted octanol–water partition coefficient (Wildman–Crippen LogP) is 8.93. The molecule has 1 atom stereocenters. The van der Waals surface area contributed by atoms with Crippen LogP contribution >= 0.6 is 7.26 Å². The number of rotatable bonds is 10. The molecule has 0 nitrogen and oxygen atoms in total. The summed E-state index contributed by atoms with van der Waals surface area (Å²) < 4.78 is 0. The van der Waals surface area contributed by atoms with Crippen molar-refractivity contribution < 1.29 is 0 Å². The molecule has 0 unspecified atom stereocenters. The molecule has 0 spiro atoms. The van der Waals surface area contributed by atoms with E-state index in [9.17, 15) is 0 Å². The Kier molecular flexibility index (Phi) is 8.54. The monoisotopic (exact) mass is 485 g/mol. The highest BCUT2D eigenvalue weighted by atomic mass is 31.2. The Morgan fingerprint density at radius 1 is 0.600 bits per heavy atom. The SMILES string of the molecule is CCC(CC)(C[C@@](C)(CC)C1CCCCC1)[P+](c1ccccc1)(c1ccccc1)c1ccccc1. The molecule has 0 heterocycles. The zero-order valence-corrected chi connectivity index (χ0v) is 23.4. The Morgan fingerprint density at radius 3 is 1.34 bits per heavy atom. The molecule has 186 valence electrons. The molecule has 1 fully saturated rings. The quantitative estimate of drug-likeness (QED) is 0.251. The van der Waals surface area contributed by atoms with Crippen molar-refractivity contribution in [2.45, 2.75) is 90.6 Å². The van der Waals surface area contributed by atoms with E-state index in [2.05, 4.69) is 119 Å². The Hall–Kier alpha value is -1.91. The predicted molar refractivity (Wildman–Crippen MR) is 158 cm³/mol. The summed E-state index contributed by atoms with van der Waals surface area (Å²) in [5, 5.41) is 4.84. The lowest BCUT2D eigenvalue weighted by molar-refractivity contribution is 0.101.